The van der Waals surface area contributed by atoms with Crippen LogP contribution in [0.4, 0.5) is 10.5 Å². The molecule has 10 nitrogen and oxygen atoms in total. The Labute approximate surface area is 207 Å². The Bertz CT molecular complexity index is 1490. The monoisotopic (exact) mass is 485 g/mol. The Morgan fingerprint density at radius 3 is 2.78 bits per heavy atom. The molecule has 6 heterocycles. The second-order valence-corrected chi connectivity index (χ2v) is 9.54. The predicted molar refractivity (Wildman–Crippen MR) is 135 cm³/mol. The van der Waals surface area contributed by atoms with Gasteiger partial charge in [0.2, 0.25) is 0 Å². The Morgan fingerprint density at radius 1 is 1.19 bits per heavy atom. The smallest absolute Gasteiger partial charge is 0.324 e. The van der Waals surface area contributed by atoms with E-state index in [0.717, 1.165) is 39.1 Å². The Hall–Kier alpha value is -4.05. The normalized spacial score (nSPS) is 17.6. The molecule has 2 aliphatic heterocycles. The minimum absolute atomic E-state index is 0.0844. The summed E-state index contributed by atoms with van der Waals surface area (Å²) in [7, 11) is 1.79. The SMILES string of the molecule is C[C@@H](O)C(=O)N1CCC(N2C(=O)N(C)Cc3cnc4ccc(-c5c[nH]c6ncccc56)nc4c32)CC1. The van der Waals surface area contributed by atoms with Gasteiger partial charge in [-0.05, 0) is 44.0 Å². The van der Waals surface area contributed by atoms with E-state index in [1.54, 1.807) is 23.0 Å². The molecule has 0 aromatic carbocycles. The average molecular weight is 486 g/mol. The first kappa shape index (κ1) is 22.4. The number of amides is 3. The van der Waals surface area contributed by atoms with Crippen molar-refractivity contribution >= 4 is 39.7 Å². The average Bonchev–Trinajstić information content (AvgIpc) is 3.33. The topological polar surface area (TPSA) is 119 Å². The van der Waals surface area contributed by atoms with Crippen LogP contribution >= 0.6 is 0 Å². The van der Waals surface area contributed by atoms with E-state index in [1.807, 2.05) is 41.6 Å². The Kier molecular flexibility index (Phi) is 5.33. The third-order valence-electron chi connectivity index (χ3n) is 7.17. The highest BCUT2D eigenvalue weighted by Crippen LogP contribution is 2.38. The second kappa shape index (κ2) is 8.56. The lowest BCUT2D eigenvalue weighted by atomic mass is 9.99. The van der Waals surface area contributed by atoms with Gasteiger partial charge in [-0.25, -0.2) is 14.8 Å². The van der Waals surface area contributed by atoms with Crippen molar-refractivity contribution in [3.8, 4) is 11.3 Å². The van der Waals surface area contributed by atoms with Crippen molar-refractivity contribution in [2.24, 2.45) is 0 Å². The van der Waals surface area contributed by atoms with Gasteiger partial charge in [0.25, 0.3) is 5.91 Å². The summed E-state index contributed by atoms with van der Waals surface area (Å²) in [6.45, 7) is 2.92. The number of pyridine rings is 3. The van der Waals surface area contributed by atoms with Crippen molar-refractivity contribution in [3.05, 3.63) is 48.4 Å². The maximum atomic E-state index is 13.5. The van der Waals surface area contributed by atoms with Gasteiger partial charge in [-0.3, -0.25) is 14.7 Å². The fraction of sp³-hybridized carbons (Fsp3) is 0.346. The molecule has 0 aliphatic carbocycles. The number of aromatic amines is 1. The number of piperidine rings is 1. The number of nitrogens with one attached hydrogen (secondary N) is 1. The fourth-order valence-corrected chi connectivity index (χ4v) is 5.34. The lowest BCUT2D eigenvalue weighted by molar-refractivity contribution is -0.140. The van der Waals surface area contributed by atoms with Crippen LogP contribution in [0.15, 0.2) is 42.9 Å². The summed E-state index contributed by atoms with van der Waals surface area (Å²) in [6.07, 6.45) is 5.69. The number of hydrogen-bond acceptors (Lipinski definition) is 6. The molecule has 6 rings (SSSR count). The van der Waals surface area contributed by atoms with E-state index in [0.29, 0.717) is 38.0 Å². The number of aliphatic hydroxyl groups is 1. The predicted octanol–water partition coefficient (Wildman–Crippen LogP) is 2.92. The Morgan fingerprint density at radius 2 is 2.00 bits per heavy atom. The van der Waals surface area contributed by atoms with Gasteiger partial charge in [0.05, 0.1) is 23.4 Å². The maximum Gasteiger partial charge on any atom is 0.324 e. The number of urea groups is 1. The molecule has 36 heavy (non-hydrogen) atoms. The number of aromatic nitrogens is 4. The number of carbonyl (C=O) groups is 2. The van der Waals surface area contributed by atoms with Crippen LogP contribution in [0.25, 0.3) is 33.3 Å². The highest BCUT2D eigenvalue weighted by molar-refractivity contribution is 6.04. The van der Waals surface area contributed by atoms with Crippen LogP contribution in [-0.4, -0.2) is 79.1 Å². The molecule has 0 unspecified atom stereocenters. The summed E-state index contributed by atoms with van der Waals surface area (Å²) in [5.74, 6) is -0.273. The fourth-order valence-electron chi connectivity index (χ4n) is 5.34. The summed E-state index contributed by atoms with van der Waals surface area (Å²) in [5.41, 5.74) is 5.65. The van der Waals surface area contributed by atoms with E-state index < -0.39 is 6.10 Å². The van der Waals surface area contributed by atoms with Crippen LogP contribution in [0.1, 0.15) is 25.3 Å². The van der Waals surface area contributed by atoms with Crippen LogP contribution < -0.4 is 4.90 Å². The molecule has 0 bridgehead atoms. The van der Waals surface area contributed by atoms with Crippen molar-refractivity contribution in [3.63, 3.8) is 0 Å². The zero-order valence-electron chi connectivity index (χ0n) is 20.2. The summed E-state index contributed by atoms with van der Waals surface area (Å²) in [6, 6.07) is 7.61. The molecule has 1 atom stereocenters. The second-order valence-electron chi connectivity index (χ2n) is 9.54. The number of rotatable bonds is 3. The first-order valence-corrected chi connectivity index (χ1v) is 12.1. The number of aliphatic hydroxyl groups excluding tert-OH is 1. The van der Waals surface area contributed by atoms with E-state index in [1.165, 1.54) is 6.92 Å². The molecule has 10 heteroatoms. The van der Waals surface area contributed by atoms with Crippen LogP contribution in [0.5, 0.6) is 0 Å². The lowest BCUT2D eigenvalue weighted by Gasteiger charge is -2.43. The van der Waals surface area contributed by atoms with Gasteiger partial charge < -0.3 is 19.9 Å². The number of carbonyl (C=O) groups excluding carboxylic acids is 2. The van der Waals surface area contributed by atoms with Gasteiger partial charge in [0.15, 0.2) is 0 Å². The quantitative estimate of drug-likeness (QED) is 0.461. The number of hydrogen-bond donors (Lipinski definition) is 2. The molecular formula is C26H27N7O3. The number of likely N-dealkylation sites (tertiary alicyclic amines) is 1. The summed E-state index contributed by atoms with van der Waals surface area (Å²) in [4.78, 5) is 48.3. The summed E-state index contributed by atoms with van der Waals surface area (Å²) in [5, 5.41) is 10.7. The van der Waals surface area contributed by atoms with Crippen LogP contribution in [0, 0.1) is 0 Å². The van der Waals surface area contributed by atoms with Crippen LogP contribution in [0.3, 0.4) is 0 Å². The zero-order chi connectivity index (χ0) is 25.0. The number of nitrogens with zero attached hydrogens (tertiary/aromatic N) is 6. The van der Waals surface area contributed by atoms with Crippen molar-refractivity contribution in [2.75, 3.05) is 25.0 Å². The van der Waals surface area contributed by atoms with Crippen LogP contribution in [-0.2, 0) is 11.3 Å². The van der Waals surface area contributed by atoms with Gasteiger partial charge in [-0.1, -0.05) is 0 Å². The summed E-state index contributed by atoms with van der Waals surface area (Å²) >= 11 is 0. The minimum atomic E-state index is -1.03. The largest absolute Gasteiger partial charge is 0.384 e. The van der Waals surface area contributed by atoms with E-state index in [2.05, 4.69) is 15.0 Å². The standard InChI is InChI=1S/C26H27N7O3/c1-15(34)25(35)32-10-7-17(8-11-32)33-23-16(14-31(2)26(33)36)12-28-21-6-5-20(30-22(21)23)19-13-29-24-18(19)4-3-9-27-24/h3-6,9,12-13,15,17,34H,7-8,10-11,14H2,1-2H3,(H,27,29)/t15-/m1/s1. The molecule has 0 saturated carbocycles. The first-order chi connectivity index (χ1) is 17.4. The van der Waals surface area contributed by atoms with Crippen molar-refractivity contribution in [1.29, 1.82) is 0 Å². The highest BCUT2D eigenvalue weighted by Gasteiger charge is 2.38. The van der Waals surface area contributed by atoms with Gasteiger partial charge in [0, 0.05) is 61.3 Å². The van der Waals surface area contributed by atoms with Gasteiger partial charge in [-0.2, -0.15) is 0 Å². The number of anilines is 1. The minimum Gasteiger partial charge on any atom is -0.384 e. The van der Waals surface area contributed by atoms with Crippen molar-refractivity contribution < 1.29 is 14.7 Å². The van der Waals surface area contributed by atoms with E-state index >= 15 is 0 Å². The molecule has 4 aromatic heterocycles. The maximum absolute atomic E-state index is 13.5. The zero-order valence-corrected chi connectivity index (χ0v) is 20.2. The molecule has 0 spiro atoms. The van der Waals surface area contributed by atoms with Crippen molar-refractivity contribution in [2.45, 2.75) is 38.5 Å². The molecule has 4 aromatic rings. The first-order valence-electron chi connectivity index (χ1n) is 12.1. The number of fused-ring (bicyclic) bond motifs is 4. The van der Waals surface area contributed by atoms with E-state index in [9.17, 15) is 14.7 Å². The lowest BCUT2D eigenvalue weighted by Crippen LogP contribution is -2.55. The molecule has 2 aliphatic rings. The van der Waals surface area contributed by atoms with E-state index in [4.69, 9.17) is 4.98 Å². The molecular weight excluding hydrogens is 458 g/mol. The van der Waals surface area contributed by atoms with Gasteiger partial charge in [0.1, 0.15) is 17.3 Å². The molecule has 1 saturated heterocycles. The third-order valence-corrected chi connectivity index (χ3v) is 7.17. The highest BCUT2D eigenvalue weighted by atomic mass is 16.3. The number of H-pyrrole nitrogens is 1. The van der Waals surface area contributed by atoms with Gasteiger partial charge in [-0.15, -0.1) is 0 Å². The van der Waals surface area contributed by atoms with E-state index in [-0.39, 0.29) is 18.0 Å². The Balaban J connectivity index is 1.43. The molecule has 1 fully saturated rings. The van der Waals surface area contributed by atoms with Gasteiger partial charge >= 0.3 is 6.03 Å². The van der Waals surface area contributed by atoms with Crippen LogP contribution in [0.2, 0.25) is 0 Å². The summed E-state index contributed by atoms with van der Waals surface area (Å²) < 4.78 is 0. The third kappa shape index (κ3) is 3.56. The molecule has 3 amide bonds. The molecule has 184 valence electrons. The molecule has 2 N–H and O–H groups in total. The molecule has 0 radical (unpaired) electrons. The van der Waals surface area contributed by atoms with Crippen molar-refractivity contribution in [1.82, 2.24) is 29.7 Å².